The minimum Gasteiger partial charge on any atom is -0.465 e. The molecule has 1 unspecified atom stereocenters. The summed E-state index contributed by atoms with van der Waals surface area (Å²) >= 11 is 1.44. The number of hydrogen-bond donors (Lipinski definition) is 0. The predicted octanol–water partition coefficient (Wildman–Crippen LogP) is 2.18. The molecule has 0 aromatic heterocycles. The van der Waals surface area contributed by atoms with Crippen molar-refractivity contribution in [2.24, 2.45) is 5.41 Å². The molecule has 0 aliphatic rings. The van der Waals surface area contributed by atoms with Crippen molar-refractivity contribution in [3.05, 3.63) is 0 Å². The summed E-state index contributed by atoms with van der Waals surface area (Å²) in [6.07, 6.45) is 0. The Kier molecular flexibility index (Phi) is 6.55. The first-order valence-corrected chi connectivity index (χ1v) is 7.05. The summed E-state index contributed by atoms with van der Waals surface area (Å²) < 4.78 is 9.35. The molecule has 6 heteroatoms. The molecule has 110 valence electrons. The van der Waals surface area contributed by atoms with Crippen molar-refractivity contribution in [2.45, 2.75) is 46.3 Å². The van der Waals surface area contributed by atoms with Gasteiger partial charge < -0.3 is 9.47 Å². The minimum absolute atomic E-state index is 0.121. The van der Waals surface area contributed by atoms with Gasteiger partial charge in [-0.1, -0.05) is 20.8 Å². The van der Waals surface area contributed by atoms with Crippen LogP contribution in [0.25, 0.3) is 0 Å². The SMILES string of the molecule is CCOC(=O)C(C)(CSC(C)(C)C)C(=O)OC(C)=O. The van der Waals surface area contributed by atoms with Crippen molar-refractivity contribution in [3.8, 4) is 0 Å². The number of ether oxygens (including phenoxy) is 2. The molecule has 19 heavy (non-hydrogen) atoms. The summed E-state index contributed by atoms with van der Waals surface area (Å²) in [7, 11) is 0. The molecular formula is C13H22O5S. The molecule has 5 nitrogen and oxygen atoms in total. The van der Waals surface area contributed by atoms with E-state index in [1.54, 1.807) is 6.92 Å². The first-order chi connectivity index (χ1) is 8.53. The van der Waals surface area contributed by atoms with E-state index in [1.165, 1.54) is 18.7 Å². The van der Waals surface area contributed by atoms with Gasteiger partial charge in [0.1, 0.15) is 0 Å². The molecule has 1 atom stereocenters. The summed E-state index contributed by atoms with van der Waals surface area (Å²) in [6.45, 7) is 10.3. The van der Waals surface area contributed by atoms with E-state index >= 15 is 0 Å². The lowest BCUT2D eigenvalue weighted by Gasteiger charge is -2.27. The summed E-state index contributed by atoms with van der Waals surface area (Å²) in [5.74, 6) is -2.07. The van der Waals surface area contributed by atoms with Crippen molar-refractivity contribution in [1.29, 1.82) is 0 Å². The molecule has 0 bridgehead atoms. The quantitative estimate of drug-likeness (QED) is 0.571. The predicted molar refractivity (Wildman–Crippen MR) is 73.7 cm³/mol. The minimum atomic E-state index is -1.47. The molecule has 0 fully saturated rings. The van der Waals surface area contributed by atoms with E-state index in [2.05, 4.69) is 4.74 Å². The number of rotatable bonds is 5. The van der Waals surface area contributed by atoms with Gasteiger partial charge in [-0.05, 0) is 13.8 Å². The van der Waals surface area contributed by atoms with Crippen molar-refractivity contribution < 1.29 is 23.9 Å². The van der Waals surface area contributed by atoms with Gasteiger partial charge in [-0.3, -0.25) is 14.4 Å². The Morgan fingerprint density at radius 1 is 1.05 bits per heavy atom. The summed E-state index contributed by atoms with van der Waals surface area (Å²) in [6, 6.07) is 0. The summed E-state index contributed by atoms with van der Waals surface area (Å²) in [5, 5.41) is 0. The Morgan fingerprint density at radius 2 is 1.58 bits per heavy atom. The molecule has 0 aromatic rings. The monoisotopic (exact) mass is 290 g/mol. The number of thioether (sulfide) groups is 1. The maximum absolute atomic E-state index is 12.0. The zero-order chi connectivity index (χ0) is 15.3. The van der Waals surface area contributed by atoms with Crippen molar-refractivity contribution in [3.63, 3.8) is 0 Å². The van der Waals surface area contributed by atoms with Gasteiger partial charge in [0.2, 0.25) is 0 Å². The largest absolute Gasteiger partial charge is 0.465 e. The van der Waals surface area contributed by atoms with Crippen LogP contribution in [0, 0.1) is 5.41 Å². The fraction of sp³-hybridized carbons (Fsp3) is 0.769. The average Bonchev–Trinajstić information content (AvgIpc) is 2.24. The molecule has 0 N–H and O–H groups in total. The molecular weight excluding hydrogens is 268 g/mol. The van der Waals surface area contributed by atoms with Crippen LogP contribution in [-0.4, -0.2) is 35.0 Å². The number of hydrogen-bond acceptors (Lipinski definition) is 6. The Labute approximate surface area is 118 Å². The molecule has 0 radical (unpaired) electrons. The van der Waals surface area contributed by atoms with Crippen LogP contribution in [0.3, 0.4) is 0 Å². The second kappa shape index (κ2) is 6.93. The highest BCUT2D eigenvalue weighted by Crippen LogP contribution is 2.33. The smallest absolute Gasteiger partial charge is 0.331 e. The van der Waals surface area contributed by atoms with Gasteiger partial charge in [0.15, 0.2) is 5.41 Å². The molecule has 0 spiro atoms. The summed E-state index contributed by atoms with van der Waals surface area (Å²) in [4.78, 5) is 34.8. The van der Waals surface area contributed by atoms with E-state index in [9.17, 15) is 14.4 Å². The third kappa shape index (κ3) is 6.09. The molecule has 0 aliphatic carbocycles. The molecule has 0 amide bonds. The van der Waals surface area contributed by atoms with E-state index in [1.807, 2.05) is 20.8 Å². The van der Waals surface area contributed by atoms with Gasteiger partial charge >= 0.3 is 17.9 Å². The van der Waals surface area contributed by atoms with Gasteiger partial charge in [0.05, 0.1) is 6.61 Å². The lowest BCUT2D eigenvalue weighted by molar-refractivity contribution is -0.173. The first kappa shape index (κ1) is 18.0. The normalized spacial score (nSPS) is 14.4. The molecule has 0 saturated heterocycles. The lowest BCUT2D eigenvalue weighted by Crippen LogP contribution is -2.43. The van der Waals surface area contributed by atoms with Crippen molar-refractivity contribution >= 4 is 29.7 Å². The van der Waals surface area contributed by atoms with E-state index in [0.29, 0.717) is 0 Å². The van der Waals surface area contributed by atoms with Crippen LogP contribution in [0.5, 0.6) is 0 Å². The van der Waals surface area contributed by atoms with Crippen LogP contribution in [0.1, 0.15) is 41.5 Å². The number of carbonyl (C=O) groups excluding carboxylic acids is 3. The van der Waals surface area contributed by atoms with Gasteiger partial charge in [-0.25, -0.2) is 0 Å². The molecule has 0 aromatic carbocycles. The molecule has 0 saturated carbocycles. The van der Waals surface area contributed by atoms with Crippen molar-refractivity contribution in [1.82, 2.24) is 0 Å². The highest BCUT2D eigenvalue weighted by Gasteiger charge is 2.45. The van der Waals surface area contributed by atoms with Crippen LogP contribution in [0.4, 0.5) is 0 Å². The second-order valence-electron chi connectivity index (χ2n) is 5.33. The van der Waals surface area contributed by atoms with E-state index in [-0.39, 0.29) is 17.1 Å². The van der Waals surface area contributed by atoms with E-state index in [0.717, 1.165) is 6.92 Å². The van der Waals surface area contributed by atoms with Crippen LogP contribution in [0.15, 0.2) is 0 Å². The average molecular weight is 290 g/mol. The fourth-order valence-electron chi connectivity index (χ4n) is 1.10. The topological polar surface area (TPSA) is 69.7 Å². The maximum Gasteiger partial charge on any atom is 0.331 e. The van der Waals surface area contributed by atoms with Gasteiger partial charge in [-0.2, -0.15) is 11.8 Å². The third-order valence-corrected chi connectivity index (χ3v) is 3.79. The van der Waals surface area contributed by atoms with E-state index < -0.39 is 23.3 Å². The fourth-order valence-corrected chi connectivity index (χ4v) is 2.05. The van der Waals surface area contributed by atoms with Crippen molar-refractivity contribution in [2.75, 3.05) is 12.4 Å². The highest BCUT2D eigenvalue weighted by molar-refractivity contribution is 8.00. The van der Waals surface area contributed by atoms with Gasteiger partial charge in [0, 0.05) is 17.4 Å². The Hall–Kier alpha value is -1.04. The number of carbonyl (C=O) groups is 3. The lowest BCUT2D eigenvalue weighted by atomic mass is 9.93. The Balaban J connectivity index is 5.06. The number of esters is 3. The Morgan fingerprint density at radius 3 is 1.95 bits per heavy atom. The van der Waals surface area contributed by atoms with Crippen LogP contribution >= 0.6 is 11.8 Å². The zero-order valence-electron chi connectivity index (χ0n) is 12.4. The van der Waals surface area contributed by atoms with Gasteiger partial charge in [-0.15, -0.1) is 0 Å². The highest BCUT2D eigenvalue weighted by atomic mass is 32.2. The molecule has 0 aliphatic heterocycles. The van der Waals surface area contributed by atoms with Crippen LogP contribution < -0.4 is 0 Å². The Bertz CT molecular complexity index is 359. The molecule has 0 rings (SSSR count). The zero-order valence-corrected chi connectivity index (χ0v) is 13.2. The van der Waals surface area contributed by atoms with Crippen LogP contribution in [0.2, 0.25) is 0 Å². The van der Waals surface area contributed by atoms with E-state index in [4.69, 9.17) is 4.74 Å². The van der Waals surface area contributed by atoms with Crippen LogP contribution in [-0.2, 0) is 23.9 Å². The maximum atomic E-state index is 12.0. The molecule has 0 heterocycles. The standard InChI is InChI=1S/C13H22O5S/c1-7-17-10(15)13(6,8-19-12(3,4)5)11(16)18-9(2)14/h7-8H2,1-6H3. The second-order valence-corrected chi connectivity index (χ2v) is 7.14. The summed E-state index contributed by atoms with van der Waals surface area (Å²) in [5.41, 5.74) is -1.47. The first-order valence-electron chi connectivity index (χ1n) is 6.07. The van der Waals surface area contributed by atoms with Gasteiger partial charge in [0.25, 0.3) is 0 Å². The third-order valence-electron chi connectivity index (χ3n) is 2.21.